The summed E-state index contributed by atoms with van der Waals surface area (Å²) < 4.78 is 0. The van der Waals surface area contributed by atoms with Crippen molar-refractivity contribution in [2.75, 3.05) is 0 Å². The highest BCUT2D eigenvalue weighted by atomic mass is 16.1. The summed E-state index contributed by atoms with van der Waals surface area (Å²) in [4.78, 5) is 11.8. The summed E-state index contributed by atoms with van der Waals surface area (Å²) in [5, 5.41) is 3.55. The van der Waals surface area contributed by atoms with Crippen molar-refractivity contribution in [3.05, 3.63) is 12.2 Å². The molecule has 2 saturated heterocycles. The van der Waals surface area contributed by atoms with Gasteiger partial charge in [0.1, 0.15) is 5.78 Å². The predicted octanol–water partition coefficient (Wildman–Crippen LogP) is 2.05. The monoisotopic (exact) mass is 193 g/mol. The molecule has 0 radical (unpaired) electrons. The lowest BCUT2D eigenvalue weighted by Gasteiger charge is -2.28. The fraction of sp³-hybridized carbons (Fsp3) is 0.750. The van der Waals surface area contributed by atoms with Crippen LogP contribution in [0.15, 0.2) is 12.2 Å². The lowest BCUT2D eigenvalue weighted by Crippen LogP contribution is -2.40. The first-order valence-corrected chi connectivity index (χ1v) is 5.58. The van der Waals surface area contributed by atoms with Crippen LogP contribution in [0.1, 0.15) is 39.0 Å². The SMILES string of the molecule is C=C(C)CC(=O)C1CC2CCC(C1)N2. The molecule has 2 bridgehead atoms. The molecule has 0 spiro atoms. The number of hydrogen-bond donors (Lipinski definition) is 1. The summed E-state index contributed by atoms with van der Waals surface area (Å²) in [7, 11) is 0. The summed E-state index contributed by atoms with van der Waals surface area (Å²) in [5.74, 6) is 0.723. The van der Waals surface area contributed by atoms with Gasteiger partial charge in [-0.05, 0) is 32.6 Å². The van der Waals surface area contributed by atoms with Gasteiger partial charge < -0.3 is 5.32 Å². The number of rotatable bonds is 3. The van der Waals surface area contributed by atoms with Gasteiger partial charge in [-0.15, -0.1) is 0 Å². The summed E-state index contributed by atoms with van der Waals surface area (Å²) in [5.41, 5.74) is 1.00. The topological polar surface area (TPSA) is 29.1 Å². The summed E-state index contributed by atoms with van der Waals surface area (Å²) in [6.45, 7) is 5.75. The Bertz CT molecular complexity index is 247. The third kappa shape index (κ3) is 2.06. The third-order valence-corrected chi connectivity index (χ3v) is 3.40. The van der Waals surface area contributed by atoms with E-state index in [-0.39, 0.29) is 0 Å². The average Bonchev–Trinajstić information content (AvgIpc) is 2.44. The van der Waals surface area contributed by atoms with Gasteiger partial charge in [0.05, 0.1) is 0 Å². The summed E-state index contributed by atoms with van der Waals surface area (Å²) in [6, 6.07) is 1.24. The Labute approximate surface area is 85.8 Å². The molecule has 2 nitrogen and oxygen atoms in total. The van der Waals surface area contributed by atoms with Crippen LogP contribution in [0.3, 0.4) is 0 Å². The average molecular weight is 193 g/mol. The first kappa shape index (κ1) is 9.91. The Hall–Kier alpha value is -0.630. The Morgan fingerprint density at radius 2 is 1.93 bits per heavy atom. The van der Waals surface area contributed by atoms with Crippen molar-refractivity contribution in [3.63, 3.8) is 0 Å². The van der Waals surface area contributed by atoms with Crippen LogP contribution in [-0.2, 0) is 4.79 Å². The number of allylic oxidation sites excluding steroid dienone is 1. The van der Waals surface area contributed by atoms with Gasteiger partial charge in [0, 0.05) is 24.4 Å². The molecule has 2 unspecified atom stereocenters. The van der Waals surface area contributed by atoms with Crippen LogP contribution in [0.5, 0.6) is 0 Å². The van der Waals surface area contributed by atoms with Crippen LogP contribution >= 0.6 is 0 Å². The van der Waals surface area contributed by atoms with E-state index < -0.39 is 0 Å². The van der Waals surface area contributed by atoms with Crippen molar-refractivity contribution in [2.45, 2.75) is 51.1 Å². The normalized spacial score (nSPS) is 35.6. The highest BCUT2D eigenvalue weighted by Gasteiger charge is 2.36. The van der Waals surface area contributed by atoms with E-state index in [9.17, 15) is 4.79 Å². The zero-order chi connectivity index (χ0) is 10.1. The Kier molecular flexibility index (Phi) is 2.73. The second-order valence-corrected chi connectivity index (χ2v) is 4.91. The maximum Gasteiger partial charge on any atom is 0.140 e. The molecule has 2 fully saturated rings. The van der Waals surface area contributed by atoms with Crippen LogP contribution < -0.4 is 5.32 Å². The molecule has 2 aliphatic rings. The van der Waals surface area contributed by atoms with Gasteiger partial charge in [-0.2, -0.15) is 0 Å². The standard InChI is InChI=1S/C12H19NO/c1-8(2)5-12(14)9-6-10-3-4-11(7-9)13-10/h9-11,13H,1,3-7H2,2H3. The number of fused-ring (bicyclic) bond motifs is 2. The van der Waals surface area contributed by atoms with Crippen LogP contribution in [0.4, 0.5) is 0 Å². The van der Waals surface area contributed by atoms with E-state index in [2.05, 4.69) is 11.9 Å². The van der Waals surface area contributed by atoms with Gasteiger partial charge in [-0.1, -0.05) is 12.2 Å². The first-order valence-electron chi connectivity index (χ1n) is 5.58. The zero-order valence-corrected chi connectivity index (χ0v) is 8.88. The van der Waals surface area contributed by atoms with Gasteiger partial charge in [0.15, 0.2) is 0 Å². The highest BCUT2D eigenvalue weighted by Crippen LogP contribution is 2.32. The molecule has 78 valence electrons. The minimum absolute atomic E-state index is 0.311. The molecule has 0 aromatic carbocycles. The van der Waals surface area contributed by atoms with Crippen molar-refractivity contribution in [3.8, 4) is 0 Å². The maximum absolute atomic E-state index is 11.8. The van der Waals surface area contributed by atoms with Crippen molar-refractivity contribution in [1.29, 1.82) is 0 Å². The lowest BCUT2D eigenvalue weighted by atomic mass is 9.86. The van der Waals surface area contributed by atoms with Crippen molar-refractivity contribution in [1.82, 2.24) is 5.32 Å². The molecule has 0 aromatic heterocycles. The van der Waals surface area contributed by atoms with Crippen LogP contribution in [0.2, 0.25) is 0 Å². The molecule has 14 heavy (non-hydrogen) atoms. The molecule has 2 heteroatoms. The smallest absolute Gasteiger partial charge is 0.140 e. The molecule has 0 aliphatic carbocycles. The van der Waals surface area contributed by atoms with Crippen LogP contribution in [0.25, 0.3) is 0 Å². The van der Waals surface area contributed by atoms with Gasteiger partial charge in [0.25, 0.3) is 0 Å². The van der Waals surface area contributed by atoms with Gasteiger partial charge >= 0.3 is 0 Å². The first-order chi connectivity index (χ1) is 6.65. The van der Waals surface area contributed by atoms with Crippen molar-refractivity contribution >= 4 is 5.78 Å². The maximum atomic E-state index is 11.8. The fourth-order valence-corrected chi connectivity index (χ4v) is 2.76. The molecule has 2 atom stereocenters. The Balaban J connectivity index is 1.92. The second kappa shape index (κ2) is 3.85. The Morgan fingerprint density at radius 3 is 2.43 bits per heavy atom. The second-order valence-electron chi connectivity index (χ2n) is 4.91. The number of piperidine rings is 1. The number of ketones is 1. The zero-order valence-electron chi connectivity index (χ0n) is 8.88. The molecular weight excluding hydrogens is 174 g/mol. The van der Waals surface area contributed by atoms with Crippen LogP contribution in [0, 0.1) is 5.92 Å². The number of nitrogens with one attached hydrogen (secondary N) is 1. The van der Waals surface area contributed by atoms with E-state index in [1.807, 2.05) is 6.92 Å². The van der Waals surface area contributed by atoms with E-state index in [1.54, 1.807) is 0 Å². The summed E-state index contributed by atoms with van der Waals surface area (Å²) >= 11 is 0. The minimum atomic E-state index is 0.311. The largest absolute Gasteiger partial charge is 0.311 e. The minimum Gasteiger partial charge on any atom is -0.311 e. The van der Waals surface area contributed by atoms with Gasteiger partial charge in [0.2, 0.25) is 0 Å². The fourth-order valence-electron chi connectivity index (χ4n) is 2.76. The van der Waals surface area contributed by atoms with E-state index in [0.29, 0.717) is 30.2 Å². The van der Waals surface area contributed by atoms with Crippen LogP contribution in [-0.4, -0.2) is 17.9 Å². The number of Topliss-reactive ketones (excluding diaryl/α,β-unsaturated/α-hetero) is 1. The molecule has 0 amide bonds. The Morgan fingerprint density at radius 1 is 1.36 bits per heavy atom. The van der Waals surface area contributed by atoms with Gasteiger partial charge in [-0.25, -0.2) is 0 Å². The van der Waals surface area contributed by atoms with E-state index in [1.165, 1.54) is 12.8 Å². The van der Waals surface area contributed by atoms with Gasteiger partial charge in [-0.3, -0.25) is 4.79 Å². The molecular formula is C12H19NO. The predicted molar refractivity (Wildman–Crippen MR) is 57.1 cm³/mol. The highest BCUT2D eigenvalue weighted by molar-refractivity contribution is 5.83. The van der Waals surface area contributed by atoms with Crippen molar-refractivity contribution < 1.29 is 4.79 Å². The number of carbonyl (C=O) groups excluding carboxylic acids is 1. The molecule has 2 heterocycles. The lowest BCUT2D eigenvalue weighted by molar-refractivity contribution is -0.123. The van der Waals surface area contributed by atoms with Crippen molar-refractivity contribution in [2.24, 2.45) is 5.92 Å². The third-order valence-electron chi connectivity index (χ3n) is 3.40. The summed E-state index contributed by atoms with van der Waals surface area (Å²) in [6.07, 6.45) is 5.23. The molecule has 0 aromatic rings. The van der Waals surface area contributed by atoms with E-state index >= 15 is 0 Å². The number of hydrogen-bond acceptors (Lipinski definition) is 2. The quantitative estimate of drug-likeness (QED) is 0.695. The molecule has 2 aliphatic heterocycles. The molecule has 2 rings (SSSR count). The van der Waals surface area contributed by atoms with E-state index in [0.717, 1.165) is 18.4 Å². The molecule has 1 N–H and O–H groups in total. The van der Waals surface area contributed by atoms with E-state index in [4.69, 9.17) is 0 Å². The number of carbonyl (C=O) groups is 1. The molecule has 0 saturated carbocycles.